The predicted octanol–water partition coefficient (Wildman–Crippen LogP) is 3.08. The van der Waals surface area contributed by atoms with Crippen molar-refractivity contribution in [3.8, 4) is 0 Å². The fourth-order valence-corrected chi connectivity index (χ4v) is 4.06. The largest absolute Gasteiger partial charge is 0.373 e. The summed E-state index contributed by atoms with van der Waals surface area (Å²) in [6.45, 7) is 4.27. The zero-order valence-electron chi connectivity index (χ0n) is 17.4. The summed E-state index contributed by atoms with van der Waals surface area (Å²) in [5.41, 5.74) is 1.79. The van der Waals surface area contributed by atoms with E-state index in [2.05, 4.69) is 20.1 Å². The first-order valence-electron chi connectivity index (χ1n) is 10.0. The van der Waals surface area contributed by atoms with Gasteiger partial charge in [0.1, 0.15) is 18.2 Å². The second-order valence-corrected chi connectivity index (χ2v) is 8.23. The Kier molecular flexibility index (Phi) is 4.86. The van der Waals surface area contributed by atoms with Crippen molar-refractivity contribution in [2.24, 2.45) is 7.05 Å². The Morgan fingerprint density at radius 3 is 2.65 bits per heavy atom. The Labute approximate surface area is 182 Å². The predicted molar refractivity (Wildman–Crippen MR) is 113 cm³/mol. The van der Waals surface area contributed by atoms with Crippen LogP contribution in [0.25, 0.3) is 11.2 Å². The summed E-state index contributed by atoms with van der Waals surface area (Å²) in [7, 11) is 1.80. The van der Waals surface area contributed by atoms with Crippen LogP contribution in [-0.2, 0) is 18.3 Å². The molecule has 1 aliphatic heterocycles. The van der Waals surface area contributed by atoms with Gasteiger partial charge in [-0.25, -0.2) is 9.97 Å². The molecule has 160 valence electrons. The average Bonchev–Trinajstić information content (AvgIpc) is 3.46. The van der Waals surface area contributed by atoms with E-state index in [1.54, 1.807) is 18.5 Å². The van der Waals surface area contributed by atoms with Crippen LogP contribution in [0.1, 0.15) is 47.4 Å². The molecule has 0 saturated carbocycles. The first-order chi connectivity index (χ1) is 14.9. The third-order valence-electron chi connectivity index (χ3n) is 5.79. The van der Waals surface area contributed by atoms with Crippen LogP contribution in [0.15, 0.2) is 33.6 Å². The zero-order chi connectivity index (χ0) is 21.7. The van der Waals surface area contributed by atoms with Gasteiger partial charge in [-0.1, -0.05) is 28.9 Å². The van der Waals surface area contributed by atoms with Crippen LogP contribution in [0.4, 0.5) is 0 Å². The number of nitrogens with zero attached hydrogens (tertiary/aromatic N) is 6. The molecule has 4 aromatic rings. The molecule has 31 heavy (non-hydrogen) atoms. The average molecular weight is 441 g/mol. The number of rotatable bonds is 4. The highest BCUT2D eigenvalue weighted by molar-refractivity contribution is 6.30. The Hall–Kier alpha value is -3.04. The summed E-state index contributed by atoms with van der Waals surface area (Å²) in [5.74, 6) is 2.24. The van der Waals surface area contributed by atoms with E-state index in [4.69, 9.17) is 20.9 Å². The normalized spacial score (nSPS) is 18.8. The molecule has 0 aliphatic carbocycles. The van der Waals surface area contributed by atoms with E-state index in [1.807, 2.05) is 31.2 Å². The van der Waals surface area contributed by atoms with Gasteiger partial charge >= 0.3 is 0 Å². The van der Waals surface area contributed by atoms with Crippen molar-refractivity contribution in [1.29, 1.82) is 0 Å². The van der Waals surface area contributed by atoms with Crippen LogP contribution in [0.5, 0.6) is 0 Å². The number of fused-ring (bicyclic) bond motifs is 1. The van der Waals surface area contributed by atoms with Gasteiger partial charge in [0.15, 0.2) is 17.0 Å². The van der Waals surface area contributed by atoms with Gasteiger partial charge in [-0.3, -0.25) is 9.36 Å². The minimum absolute atomic E-state index is 0.0244. The molecule has 9 nitrogen and oxygen atoms in total. The van der Waals surface area contributed by atoms with Gasteiger partial charge < -0.3 is 13.8 Å². The summed E-state index contributed by atoms with van der Waals surface area (Å²) >= 11 is 5.97. The van der Waals surface area contributed by atoms with Gasteiger partial charge in [-0.2, -0.15) is 4.98 Å². The maximum absolute atomic E-state index is 13.0. The summed E-state index contributed by atoms with van der Waals surface area (Å²) in [5, 5.41) is 4.83. The number of aromatic nitrogens is 6. The SMILES string of the molecule is Cc1nc2nc(C)n(C)c2c(=O)n1Cc1nc([C@@H]2CO[C@@H](c3ccc(Cl)cc3)C2)no1. The lowest BCUT2D eigenvalue weighted by molar-refractivity contribution is 0.110. The molecule has 0 N–H and O–H groups in total. The summed E-state index contributed by atoms with van der Waals surface area (Å²) < 4.78 is 14.7. The van der Waals surface area contributed by atoms with Crippen molar-refractivity contribution >= 4 is 22.8 Å². The molecule has 5 rings (SSSR count). The molecule has 0 spiro atoms. The molecule has 0 radical (unpaired) electrons. The number of hydrogen-bond donors (Lipinski definition) is 0. The Morgan fingerprint density at radius 1 is 1.13 bits per heavy atom. The highest BCUT2D eigenvalue weighted by Gasteiger charge is 2.31. The molecule has 0 unspecified atom stereocenters. The van der Waals surface area contributed by atoms with Gasteiger partial charge in [0.05, 0.1) is 12.7 Å². The third kappa shape index (κ3) is 3.53. The van der Waals surface area contributed by atoms with E-state index >= 15 is 0 Å². The van der Waals surface area contributed by atoms with Crippen molar-refractivity contribution in [3.63, 3.8) is 0 Å². The van der Waals surface area contributed by atoms with Gasteiger partial charge in [-0.05, 0) is 38.0 Å². The second kappa shape index (κ2) is 7.58. The summed E-state index contributed by atoms with van der Waals surface area (Å²) in [6, 6.07) is 7.65. The number of benzene rings is 1. The summed E-state index contributed by atoms with van der Waals surface area (Å²) in [4.78, 5) is 26.3. The maximum atomic E-state index is 13.0. The van der Waals surface area contributed by atoms with E-state index in [0.29, 0.717) is 40.3 Å². The first kappa shape index (κ1) is 19.9. The molecule has 10 heteroatoms. The van der Waals surface area contributed by atoms with Crippen molar-refractivity contribution in [1.82, 2.24) is 29.2 Å². The highest BCUT2D eigenvalue weighted by atomic mass is 35.5. The highest BCUT2D eigenvalue weighted by Crippen LogP contribution is 2.37. The molecule has 1 aromatic carbocycles. The molecule has 3 aromatic heterocycles. The van der Waals surface area contributed by atoms with Gasteiger partial charge in [0.25, 0.3) is 5.56 Å². The number of ether oxygens (including phenoxy) is 1. The fraction of sp³-hybridized carbons (Fsp3) is 0.381. The smallest absolute Gasteiger partial charge is 0.280 e. The van der Waals surface area contributed by atoms with Crippen LogP contribution in [0.3, 0.4) is 0 Å². The topological polar surface area (TPSA) is 101 Å². The van der Waals surface area contributed by atoms with Crippen molar-refractivity contribution in [2.45, 2.75) is 38.8 Å². The summed E-state index contributed by atoms with van der Waals surface area (Å²) in [6.07, 6.45) is 0.718. The number of aryl methyl sites for hydroxylation is 3. The number of halogens is 1. The Balaban J connectivity index is 1.37. The molecular formula is C21H21ClN6O3. The standard InChI is InChI=1S/C21H21ClN6O3/c1-11-23-20-18(27(11)3)21(29)28(12(2)24-20)9-17-25-19(26-31-17)14-8-16(30-10-14)13-4-6-15(22)7-5-13/h4-7,14,16H,8-10H2,1-3H3/t14-,16+/m0/s1. The molecule has 1 fully saturated rings. The van der Waals surface area contributed by atoms with Crippen LogP contribution < -0.4 is 5.56 Å². The van der Waals surface area contributed by atoms with Crippen molar-refractivity contribution in [2.75, 3.05) is 6.61 Å². The van der Waals surface area contributed by atoms with E-state index in [0.717, 1.165) is 17.8 Å². The zero-order valence-corrected chi connectivity index (χ0v) is 18.1. The lowest BCUT2D eigenvalue weighted by Gasteiger charge is -2.09. The molecule has 4 heterocycles. The molecule has 0 bridgehead atoms. The minimum atomic E-state index is -0.183. The van der Waals surface area contributed by atoms with Crippen LogP contribution in [0, 0.1) is 13.8 Å². The Morgan fingerprint density at radius 2 is 1.87 bits per heavy atom. The number of hydrogen-bond acceptors (Lipinski definition) is 7. The third-order valence-corrected chi connectivity index (χ3v) is 6.04. The molecule has 1 aliphatic rings. The van der Waals surface area contributed by atoms with Gasteiger partial charge in [-0.15, -0.1) is 0 Å². The molecular weight excluding hydrogens is 420 g/mol. The van der Waals surface area contributed by atoms with E-state index < -0.39 is 0 Å². The lowest BCUT2D eigenvalue weighted by atomic mass is 10.0. The molecule has 1 saturated heterocycles. The number of imidazole rings is 1. The first-order valence-corrected chi connectivity index (χ1v) is 10.4. The van der Waals surface area contributed by atoms with Crippen molar-refractivity contribution < 1.29 is 9.26 Å². The van der Waals surface area contributed by atoms with Gasteiger partial charge in [0, 0.05) is 18.0 Å². The second-order valence-electron chi connectivity index (χ2n) is 7.79. The Bertz CT molecular complexity index is 1320. The van der Waals surface area contributed by atoms with Crippen LogP contribution >= 0.6 is 11.6 Å². The maximum Gasteiger partial charge on any atom is 0.280 e. The minimum Gasteiger partial charge on any atom is -0.373 e. The van der Waals surface area contributed by atoms with E-state index in [1.165, 1.54) is 4.57 Å². The fourth-order valence-electron chi connectivity index (χ4n) is 3.93. The van der Waals surface area contributed by atoms with Crippen LogP contribution in [0.2, 0.25) is 5.02 Å². The molecule has 2 atom stereocenters. The van der Waals surface area contributed by atoms with Gasteiger partial charge in [0.2, 0.25) is 5.89 Å². The quantitative estimate of drug-likeness (QED) is 0.480. The van der Waals surface area contributed by atoms with Crippen LogP contribution in [-0.4, -0.2) is 35.8 Å². The monoisotopic (exact) mass is 440 g/mol. The lowest BCUT2D eigenvalue weighted by Crippen LogP contribution is -2.25. The van der Waals surface area contributed by atoms with E-state index in [9.17, 15) is 4.79 Å². The molecule has 0 amide bonds. The van der Waals surface area contributed by atoms with Crippen molar-refractivity contribution in [3.05, 3.63) is 68.6 Å². The van der Waals surface area contributed by atoms with E-state index in [-0.39, 0.29) is 24.1 Å².